The van der Waals surface area contributed by atoms with Crippen LogP contribution in [0.1, 0.15) is 31.2 Å². The lowest BCUT2D eigenvalue weighted by Gasteiger charge is -2.52. The molecular weight excluding hydrogens is 358 g/mol. The van der Waals surface area contributed by atoms with Gasteiger partial charge in [-0.05, 0) is 18.6 Å². The first-order valence-electron chi connectivity index (χ1n) is 9.91. The molecule has 0 aromatic heterocycles. The number of rotatable bonds is 5. The van der Waals surface area contributed by atoms with Gasteiger partial charge in [0.1, 0.15) is 12.2 Å². The van der Waals surface area contributed by atoms with Gasteiger partial charge in [0.25, 0.3) is 0 Å². The molecule has 28 heavy (non-hydrogen) atoms. The second-order valence-electron chi connectivity index (χ2n) is 7.87. The lowest BCUT2D eigenvalue weighted by molar-refractivity contribution is -0.169. The van der Waals surface area contributed by atoms with Crippen molar-refractivity contribution < 1.29 is 14.4 Å². The molecule has 0 spiro atoms. The van der Waals surface area contributed by atoms with Crippen molar-refractivity contribution in [2.24, 2.45) is 5.73 Å². The van der Waals surface area contributed by atoms with Gasteiger partial charge in [-0.15, -0.1) is 0 Å². The fraction of sp³-hybridized carbons (Fsp3) is 0.550. The van der Waals surface area contributed by atoms with Gasteiger partial charge >= 0.3 is 0 Å². The fourth-order valence-corrected chi connectivity index (χ4v) is 4.67. The average molecular weight is 385 g/mol. The van der Waals surface area contributed by atoms with Gasteiger partial charge < -0.3 is 20.9 Å². The van der Waals surface area contributed by atoms with E-state index in [2.05, 4.69) is 28.4 Å². The largest absolute Gasteiger partial charge is 0.384 e. The Morgan fingerprint density at radius 1 is 1.29 bits per heavy atom. The molecule has 3 N–H and O–H groups in total. The third-order valence-corrected chi connectivity index (χ3v) is 6.14. The van der Waals surface area contributed by atoms with Crippen molar-refractivity contribution in [1.82, 2.24) is 14.7 Å². The number of anilines is 1. The molecule has 2 saturated heterocycles. The standard InChI is InChI=1S/C20H27N5O3/c1-13-20(28)24(8-6-17(21)26)12-18-23(9-7-19(27)25(13)18)11-14-10-22-16-5-3-2-4-15(14)16/h2-5,13-14,18,22H,6-12H2,1H3,(H2,21,26). The number of nitrogens with zero attached hydrogens (tertiary/aromatic N) is 3. The number of hydrogen-bond donors (Lipinski definition) is 2. The van der Waals surface area contributed by atoms with Gasteiger partial charge in [0.05, 0.1) is 6.54 Å². The molecule has 8 nitrogen and oxygen atoms in total. The first-order chi connectivity index (χ1) is 13.5. The summed E-state index contributed by atoms with van der Waals surface area (Å²) in [4.78, 5) is 42.2. The first kappa shape index (κ1) is 18.7. The minimum Gasteiger partial charge on any atom is -0.384 e. The van der Waals surface area contributed by atoms with Gasteiger partial charge in [-0.25, -0.2) is 0 Å². The van der Waals surface area contributed by atoms with E-state index in [1.807, 2.05) is 6.07 Å². The van der Waals surface area contributed by atoms with Gasteiger partial charge in [-0.2, -0.15) is 0 Å². The molecule has 2 fully saturated rings. The van der Waals surface area contributed by atoms with Crippen molar-refractivity contribution in [2.45, 2.75) is 37.9 Å². The number of para-hydroxylation sites is 1. The van der Waals surface area contributed by atoms with E-state index >= 15 is 0 Å². The fourth-order valence-electron chi connectivity index (χ4n) is 4.67. The van der Waals surface area contributed by atoms with Crippen LogP contribution in [0.5, 0.6) is 0 Å². The number of fused-ring (bicyclic) bond motifs is 2. The number of carbonyl (C=O) groups excluding carboxylic acids is 3. The molecule has 3 unspecified atom stereocenters. The molecule has 0 radical (unpaired) electrons. The summed E-state index contributed by atoms with van der Waals surface area (Å²) >= 11 is 0. The van der Waals surface area contributed by atoms with Crippen LogP contribution in [0.25, 0.3) is 0 Å². The van der Waals surface area contributed by atoms with E-state index in [9.17, 15) is 14.4 Å². The highest BCUT2D eigenvalue weighted by Gasteiger charge is 2.46. The quantitative estimate of drug-likeness (QED) is 0.752. The van der Waals surface area contributed by atoms with Crippen molar-refractivity contribution >= 4 is 23.4 Å². The molecule has 3 aliphatic heterocycles. The topological polar surface area (TPSA) is 99.0 Å². The molecule has 1 aromatic carbocycles. The van der Waals surface area contributed by atoms with Crippen LogP contribution in [0.2, 0.25) is 0 Å². The molecule has 0 bridgehead atoms. The normalized spacial score (nSPS) is 27.4. The van der Waals surface area contributed by atoms with E-state index in [-0.39, 0.29) is 24.4 Å². The number of benzene rings is 1. The Kier molecular flexibility index (Phi) is 4.97. The lowest BCUT2D eigenvalue weighted by Crippen LogP contribution is -2.70. The van der Waals surface area contributed by atoms with Crippen molar-refractivity contribution in [1.29, 1.82) is 0 Å². The molecule has 150 valence electrons. The molecule has 3 atom stereocenters. The second-order valence-corrected chi connectivity index (χ2v) is 7.87. The van der Waals surface area contributed by atoms with Gasteiger partial charge in [0, 0.05) is 50.6 Å². The maximum absolute atomic E-state index is 12.7. The zero-order chi connectivity index (χ0) is 19.8. The Hall–Kier alpha value is -2.61. The lowest BCUT2D eigenvalue weighted by atomic mass is 9.98. The van der Waals surface area contributed by atoms with Crippen molar-refractivity contribution in [3.05, 3.63) is 29.8 Å². The minimum absolute atomic E-state index is 0.0293. The van der Waals surface area contributed by atoms with E-state index in [0.29, 0.717) is 32.0 Å². The Balaban J connectivity index is 1.53. The molecule has 0 saturated carbocycles. The summed E-state index contributed by atoms with van der Waals surface area (Å²) in [5, 5.41) is 3.45. The van der Waals surface area contributed by atoms with Crippen LogP contribution in [-0.2, 0) is 14.4 Å². The maximum atomic E-state index is 12.7. The Morgan fingerprint density at radius 2 is 2.07 bits per heavy atom. The SMILES string of the molecule is CC1C(=O)N(CCC(N)=O)CC2N(CC3CNc4ccccc43)CCC(=O)N12. The molecule has 1 aromatic rings. The molecule has 3 amide bonds. The smallest absolute Gasteiger partial charge is 0.245 e. The number of primary amides is 1. The highest BCUT2D eigenvalue weighted by atomic mass is 16.2. The highest BCUT2D eigenvalue weighted by Crippen LogP contribution is 2.34. The monoisotopic (exact) mass is 385 g/mol. The van der Waals surface area contributed by atoms with Gasteiger partial charge in [0.15, 0.2) is 0 Å². The van der Waals surface area contributed by atoms with Crippen LogP contribution >= 0.6 is 0 Å². The number of piperazine rings is 1. The molecule has 0 aliphatic carbocycles. The highest BCUT2D eigenvalue weighted by molar-refractivity contribution is 5.89. The van der Waals surface area contributed by atoms with E-state index in [4.69, 9.17) is 5.73 Å². The molecule has 3 aliphatic rings. The summed E-state index contributed by atoms with van der Waals surface area (Å²) in [6.45, 7) is 4.88. The van der Waals surface area contributed by atoms with Crippen LogP contribution < -0.4 is 11.1 Å². The second kappa shape index (κ2) is 7.43. The van der Waals surface area contributed by atoms with Crippen LogP contribution in [-0.4, -0.2) is 77.4 Å². The van der Waals surface area contributed by atoms with Gasteiger partial charge in [0.2, 0.25) is 17.7 Å². The molecular formula is C20H27N5O3. The number of nitrogens with one attached hydrogen (secondary N) is 1. The van der Waals surface area contributed by atoms with Crippen molar-refractivity contribution in [3.63, 3.8) is 0 Å². The maximum Gasteiger partial charge on any atom is 0.245 e. The summed E-state index contributed by atoms with van der Waals surface area (Å²) in [6, 6.07) is 7.81. The third-order valence-electron chi connectivity index (χ3n) is 6.14. The predicted molar refractivity (Wildman–Crippen MR) is 104 cm³/mol. The summed E-state index contributed by atoms with van der Waals surface area (Å²) < 4.78 is 0. The van der Waals surface area contributed by atoms with E-state index < -0.39 is 11.9 Å². The third kappa shape index (κ3) is 3.32. The molecule has 3 heterocycles. The average Bonchev–Trinajstić information content (AvgIpc) is 3.08. The zero-order valence-electron chi connectivity index (χ0n) is 16.1. The summed E-state index contributed by atoms with van der Waals surface area (Å²) in [6.07, 6.45) is 0.408. The number of carbonyl (C=O) groups is 3. The van der Waals surface area contributed by atoms with Crippen molar-refractivity contribution in [3.8, 4) is 0 Å². The van der Waals surface area contributed by atoms with Crippen LogP contribution in [0.15, 0.2) is 24.3 Å². The molecule has 4 rings (SSSR count). The first-order valence-corrected chi connectivity index (χ1v) is 9.91. The van der Waals surface area contributed by atoms with Gasteiger partial charge in [-0.3, -0.25) is 19.3 Å². The zero-order valence-corrected chi connectivity index (χ0v) is 16.1. The van der Waals surface area contributed by atoms with E-state index in [0.717, 1.165) is 13.1 Å². The van der Waals surface area contributed by atoms with Crippen LogP contribution in [0.3, 0.4) is 0 Å². The minimum atomic E-state index is -0.518. The number of hydrogen-bond acceptors (Lipinski definition) is 5. The predicted octanol–water partition coefficient (Wildman–Crippen LogP) is 0.162. The van der Waals surface area contributed by atoms with Crippen LogP contribution in [0.4, 0.5) is 5.69 Å². The van der Waals surface area contributed by atoms with Crippen molar-refractivity contribution in [2.75, 3.05) is 38.0 Å². The summed E-state index contributed by atoms with van der Waals surface area (Å²) in [5.41, 5.74) is 7.74. The Morgan fingerprint density at radius 3 is 2.86 bits per heavy atom. The summed E-state index contributed by atoms with van der Waals surface area (Å²) in [7, 11) is 0. The number of amides is 3. The van der Waals surface area contributed by atoms with Gasteiger partial charge in [-0.1, -0.05) is 18.2 Å². The van der Waals surface area contributed by atoms with E-state index in [1.165, 1.54) is 11.3 Å². The number of nitrogens with two attached hydrogens (primary N) is 1. The Bertz CT molecular complexity index is 798. The Labute approximate surface area is 164 Å². The van der Waals surface area contributed by atoms with Crippen LogP contribution in [0, 0.1) is 0 Å². The van der Waals surface area contributed by atoms with E-state index in [1.54, 1.807) is 16.7 Å². The molecule has 8 heteroatoms. The summed E-state index contributed by atoms with van der Waals surface area (Å²) in [5.74, 6) is -0.159.